The fourth-order valence-corrected chi connectivity index (χ4v) is 4.15. The second-order valence-corrected chi connectivity index (χ2v) is 8.94. The second-order valence-electron chi connectivity index (χ2n) is 8.59. The highest BCUT2D eigenvalue weighted by Crippen LogP contribution is 2.31. The van der Waals surface area contributed by atoms with E-state index in [2.05, 4.69) is 10.3 Å². The van der Waals surface area contributed by atoms with Gasteiger partial charge in [-0.05, 0) is 72.9 Å². The van der Waals surface area contributed by atoms with Crippen molar-refractivity contribution in [1.82, 2.24) is 9.66 Å². The van der Waals surface area contributed by atoms with Crippen molar-refractivity contribution < 1.29 is 42.5 Å². The smallest absolute Gasteiger partial charge is 0.416 e. The SMILES string of the molecule is CN(c1ccc(O)c(C(=O)O)c1)n1c(=S)oc2ccccc21.O=C(O)c1cccnc1Nc1cccc(C(F)(F)F)c1. The first kappa shape index (κ1) is 29.6. The van der Waals surface area contributed by atoms with Crippen LogP contribution in [-0.2, 0) is 6.18 Å². The van der Waals surface area contributed by atoms with Crippen LogP contribution in [0.15, 0.2) is 89.5 Å². The third-order valence-electron chi connectivity index (χ3n) is 5.84. The maximum atomic E-state index is 12.6. The minimum absolute atomic E-state index is 0.0145. The van der Waals surface area contributed by atoms with Crippen LogP contribution in [0.1, 0.15) is 26.3 Å². The number of anilines is 3. The molecule has 0 radical (unpaired) electrons. The largest absolute Gasteiger partial charge is 0.507 e. The molecule has 0 amide bonds. The number of aromatic nitrogens is 2. The number of benzene rings is 3. The summed E-state index contributed by atoms with van der Waals surface area (Å²) >= 11 is 5.23. The van der Waals surface area contributed by atoms with E-state index in [1.807, 2.05) is 18.2 Å². The van der Waals surface area contributed by atoms with Crippen LogP contribution in [0.2, 0.25) is 0 Å². The summed E-state index contributed by atoms with van der Waals surface area (Å²) in [7, 11) is 1.73. The van der Waals surface area contributed by atoms with Gasteiger partial charge in [-0.25, -0.2) is 19.2 Å². The summed E-state index contributed by atoms with van der Waals surface area (Å²) in [5.74, 6) is -2.72. The Morgan fingerprint density at radius 2 is 1.67 bits per heavy atom. The van der Waals surface area contributed by atoms with Crippen molar-refractivity contribution in [3.05, 3.63) is 107 Å². The lowest BCUT2D eigenvalue weighted by Crippen LogP contribution is -2.24. The molecule has 5 rings (SSSR count). The molecule has 4 N–H and O–H groups in total. The fraction of sp³-hybridized carbons (Fsp3) is 0.0714. The Hall–Kier alpha value is -5.37. The summed E-state index contributed by atoms with van der Waals surface area (Å²) in [5, 5.41) is 31.9. The van der Waals surface area contributed by atoms with Crippen molar-refractivity contribution in [2.75, 3.05) is 17.4 Å². The lowest BCUT2D eigenvalue weighted by Gasteiger charge is -2.21. The Balaban J connectivity index is 0.000000194. The van der Waals surface area contributed by atoms with Gasteiger partial charge in [0.2, 0.25) is 0 Å². The van der Waals surface area contributed by atoms with Crippen molar-refractivity contribution >= 4 is 52.4 Å². The normalized spacial score (nSPS) is 11.0. The van der Waals surface area contributed by atoms with Gasteiger partial charge in [0.1, 0.15) is 28.2 Å². The number of aromatic hydroxyl groups is 1. The third kappa shape index (κ3) is 6.50. The number of para-hydroxylation sites is 2. The van der Waals surface area contributed by atoms with Gasteiger partial charge in [-0.1, -0.05) is 18.2 Å². The Morgan fingerprint density at radius 1 is 0.952 bits per heavy atom. The summed E-state index contributed by atoms with van der Waals surface area (Å²) in [5.41, 5.74) is 0.944. The average Bonchev–Trinajstić information content (AvgIpc) is 3.28. The summed E-state index contributed by atoms with van der Waals surface area (Å²) in [4.78, 5) is 26.2. The zero-order valence-corrected chi connectivity index (χ0v) is 22.3. The van der Waals surface area contributed by atoms with E-state index < -0.39 is 23.7 Å². The molecule has 0 aliphatic heterocycles. The Labute approximate surface area is 240 Å². The van der Waals surface area contributed by atoms with Crippen LogP contribution in [0, 0.1) is 4.84 Å². The number of fused-ring (bicyclic) bond motifs is 1. The highest BCUT2D eigenvalue weighted by molar-refractivity contribution is 7.71. The molecule has 10 nitrogen and oxygen atoms in total. The number of carboxylic acid groups (broad SMARTS) is 2. The molecule has 0 bridgehead atoms. The van der Waals surface area contributed by atoms with Crippen molar-refractivity contribution in [2.45, 2.75) is 6.18 Å². The lowest BCUT2D eigenvalue weighted by molar-refractivity contribution is -0.137. The molecule has 5 aromatic rings. The molecule has 216 valence electrons. The Bertz CT molecular complexity index is 1840. The molecule has 3 aromatic carbocycles. The van der Waals surface area contributed by atoms with Crippen LogP contribution in [0.4, 0.5) is 30.4 Å². The maximum Gasteiger partial charge on any atom is 0.416 e. The number of carbonyl (C=O) groups is 2. The number of phenols is 1. The zero-order chi connectivity index (χ0) is 30.6. The number of hydrogen-bond acceptors (Lipinski definition) is 8. The van der Waals surface area contributed by atoms with Gasteiger partial charge >= 0.3 is 18.1 Å². The summed E-state index contributed by atoms with van der Waals surface area (Å²) in [6.07, 6.45) is -3.11. The number of aromatic carboxylic acids is 2. The number of nitrogens with zero attached hydrogens (tertiary/aromatic N) is 3. The second kappa shape index (κ2) is 12.0. The van der Waals surface area contributed by atoms with Gasteiger partial charge < -0.3 is 25.1 Å². The first-order chi connectivity index (χ1) is 19.9. The Morgan fingerprint density at radius 3 is 2.36 bits per heavy atom. The lowest BCUT2D eigenvalue weighted by atomic mass is 10.2. The van der Waals surface area contributed by atoms with Gasteiger partial charge in [-0.3, -0.25) is 5.01 Å². The van der Waals surface area contributed by atoms with Crippen molar-refractivity contribution in [1.29, 1.82) is 0 Å². The van der Waals surface area contributed by atoms with Crippen molar-refractivity contribution in [2.24, 2.45) is 0 Å². The molecule has 2 heterocycles. The first-order valence-corrected chi connectivity index (χ1v) is 12.3. The fourth-order valence-electron chi connectivity index (χ4n) is 3.84. The average molecular weight is 599 g/mol. The van der Waals surface area contributed by atoms with Crippen LogP contribution in [-0.4, -0.2) is 44.0 Å². The van der Waals surface area contributed by atoms with E-state index in [9.17, 15) is 27.9 Å². The van der Waals surface area contributed by atoms with E-state index >= 15 is 0 Å². The number of rotatable bonds is 6. The van der Waals surface area contributed by atoms with E-state index in [-0.39, 0.29) is 33.2 Å². The van der Waals surface area contributed by atoms with E-state index in [4.69, 9.17) is 26.8 Å². The molecule has 0 unspecified atom stereocenters. The number of carboxylic acids is 2. The number of nitrogens with one attached hydrogen (secondary N) is 1. The standard InChI is InChI=1S/C15H12N2O4S.C13H9F3N2O2/c1-16(9-6-7-12(18)10(8-9)14(19)20)17-11-4-2-3-5-13(11)21-15(17)22;14-13(15,16)8-3-1-4-9(7-8)18-11-10(12(19)20)5-2-6-17-11/h2-8,18H,1H3,(H,19,20);1-7H,(H,17,18)(H,19,20). The van der Waals surface area contributed by atoms with Gasteiger partial charge in [-0.2, -0.15) is 13.2 Å². The molecule has 0 aliphatic rings. The van der Waals surface area contributed by atoms with Crippen LogP contribution < -0.4 is 10.3 Å². The van der Waals surface area contributed by atoms with Crippen molar-refractivity contribution in [3.8, 4) is 5.75 Å². The first-order valence-electron chi connectivity index (χ1n) is 11.9. The summed E-state index contributed by atoms with van der Waals surface area (Å²) in [6, 6.07) is 18.9. The van der Waals surface area contributed by atoms with Crippen LogP contribution in [0.5, 0.6) is 5.75 Å². The predicted octanol–water partition coefficient (Wildman–Crippen LogP) is 6.81. The molecule has 0 saturated heterocycles. The molecular formula is C28H21F3N4O6S. The third-order valence-corrected chi connectivity index (χ3v) is 6.09. The highest BCUT2D eigenvalue weighted by Gasteiger charge is 2.30. The van der Waals surface area contributed by atoms with Gasteiger partial charge in [-0.15, -0.1) is 0 Å². The molecule has 0 spiro atoms. The number of alkyl halides is 3. The summed E-state index contributed by atoms with van der Waals surface area (Å²) < 4.78 is 44.9. The maximum absolute atomic E-state index is 12.6. The topological polar surface area (TPSA) is 141 Å². The van der Waals surface area contributed by atoms with E-state index in [0.717, 1.165) is 17.6 Å². The molecular weight excluding hydrogens is 577 g/mol. The summed E-state index contributed by atoms with van der Waals surface area (Å²) in [6.45, 7) is 0. The minimum atomic E-state index is -4.46. The molecule has 42 heavy (non-hydrogen) atoms. The molecule has 0 fully saturated rings. The molecule has 0 atom stereocenters. The van der Waals surface area contributed by atoms with Gasteiger partial charge in [0.05, 0.1) is 11.3 Å². The Kier molecular flexibility index (Phi) is 8.47. The molecule has 0 aliphatic carbocycles. The highest BCUT2D eigenvalue weighted by atomic mass is 32.1. The van der Waals surface area contributed by atoms with Crippen LogP contribution in [0.3, 0.4) is 0 Å². The number of pyridine rings is 1. The zero-order valence-electron chi connectivity index (χ0n) is 21.5. The molecule has 14 heteroatoms. The number of hydrogen-bond donors (Lipinski definition) is 4. The molecule has 2 aromatic heterocycles. The minimum Gasteiger partial charge on any atom is -0.507 e. The number of halogens is 3. The molecule has 0 saturated carbocycles. The van der Waals surface area contributed by atoms with Crippen molar-refractivity contribution in [3.63, 3.8) is 0 Å². The van der Waals surface area contributed by atoms with Gasteiger partial charge in [0.15, 0.2) is 5.58 Å². The van der Waals surface area contributed by atoms with E-state index in [1.165, 1.54) is 42.6 Å². The quantitative estimate of drug-likeness (QED) is 0.154. The number of oxazole rings is 1. The van der Waals surface area contributed by atoms with Gasteiger partial charge in [0.25, 0.3) is 4.84 Å². The predicted molar refractivity (Wildman–Crippen MR) is 150 cm³/mol. The van der Waals surface area contributed by atoms with Crippen LogP contribution >= 0.6 is 12.2 Å². The van der Waals surface area contributed by atoms with E-state index in [0.29, 0.717) is 11.3 Å². The van der Waals surface area contributed by atoms with Gasteiger partial charge in [0, 0.05) is 18.9 Å². The van der Waals surface area contributed by atoms with Crippen LogP contribution in [0.25, 0.3) is 11.1 Å². The van der Waals surface area contributed by atoms with E-state index in [1.54, 1.807) is 28.9 Å². The monoisotopic (exact) mass is 598 g/mol.